The minimum Gasteiger partial charge on any atom is -0.357 e. The van der Waals surface area contributed by atoms with E-state index in [-0.39, 0.29) is 24.8 Å². The van der Waals surface area contributed by atoms with Gasteiger partial charge in [0, 0.05) is 25.0 Å². The van der Waals surface area contributed by atoms with E-state index in [1.165, 1.54) is 0 Å². The van der Waals surface area contributed by atoms with E-state index >= 15 is 0 Å². The standard InChI is InChI=1S/C27H29ClN2O2/c1-19-13-20(2)15-22(14-19)17-26(31)30(18-23-11-7-8-12-24(23)28)25(27(32)29-3)16-21-9-5-4-6-10-21/h4-15,25H,16-18H2,1-3H3,(H,29,32)/t25-/m0/s1. The van der Waals surface area contributed by atoms with Crippen LogP contribution in [0.2, 0.25) is 5.02 Å². The molecule has 3 aromatic carbocycles. The van der Waals surface area contributed by atoms with Crippen molar-refractivity contribution in [2.45, 2.75) is 39.3 Å². The zero-order chi connectivity index (χ0) is 23.1. The number of hydrogen-bond donors (Lipinski definition) is 1. The summed E-state index contributed by atoms with van der Waals surface area (Å²) in [6.07, 6.45) is 0.638. The van der Waals surface area contributed by atoms with Gasteiger partial charge in [-0.3, -0.25) is 9.59 Å². The molecule has 0 saturated carbocycles. The molecular weight excluding hydrogens is 420 g/mol. The largest absolute Gasteiger partial charge is 0.357 e. The number of carbonyl (C=O) groups is 2. The molecule has 0 fully saturated rings. The number of nitrogens with one attached hydrogen (secondary N) is 1. The fourth-order valence-electron chi connectivity index (χ4n) is 3.98. The van der Waals surface area contributed by atoms with Gasteiger partial charge < -0.3 is 10.2 Å². The Balaban J connectivity index is 1.97. The molecule has 0 saturated heterocycles. The van der Waals surface area contributed by atoms with Gasteiger partial charge in [-0.2, -0.15) is 0 Å². The fourth-order valence-corrected chi connectivity index (χ4v) is 4.17. The third-order valence-electron chi connectivity index (χ3n) is 5.45. The summed E-state index contributed by atoms with van der Waals surface area (Å²) in [6.45, 7) is 4.30. The van der Waals surface area contributed by atoms with Crippen molar-refractivity contribution >= 4 is 23.4 Å². The van der Waals surface area contributed by atoms with Crippen LogP contribution in [0.15, 0.2) is 72.8 Å². The minimum atomic E-state index is -0.655. The summed E-state index contributed by atoms with van der Waals surface area (Å²) in [5, 5.41) is 3.31. The van der Waals surface area contributed by atoms with Crippen LogP contribution in [0.25, 0.3) is 0 Å². The molecule has 2 amide bonds. The maximum atomic E-state index is 13.6. The molecule has 4 nitrogen and oxygen atoms in total. The molecule has 0 spiro atoms. The Morgan fingerprint density at radius 2 is 1.53 bits per heavy atom. The molecule has 0 aliphatic rings. The molecule has 1 atom stereocenters. The highest BCUT2D eigenvalue weighted by atomic mass is 35.5. The maximum Gasteiger partial charge on any atom is 0.242 e. The van der Waals surface area contributed by atoms with Crippen LogP contribution >= 0.6 is 11.6 Å². The first-order valence-corrected chi connectivity index (χ1v) is 11.1. The first-order valence-electron chi connectivity index (χ1n) is 10.7. The van der Waals surface area contributed by atoms with Crippen LogP contribution in [-0.2, 0) is 29.0 Å². The molecule has 0 unspecified atom stereocenters. The lowest BCUT2D eigenvalue weighted by atomic mass is 10.0. The molecule has 1 N–H and O–H groups in total. The molecule has 166 valence electrons. The Hall–Kier alpha value is -3.11. The first-order chi connectivity index (χ1) is 15.4. The van der Waals surface area contributed by atoms with E-state index in [1.807, 2.05) is 74.5 Å². The number of amides is 2. The molecule has 3 rings (SSSR count). The lowest BCUT2D eigenvalue weighted by Crippen LogP contribution is -2.50. The predicted octanol–water partition coefficient (Wildman–Crippen LogP) is 4.89. The molecule has 0 aromatic heterocycles. The normalized spacial score (nSPS) is 11.6. The highest BCUT2D eigenvalue weighted by Crippen LogP contribution is 2.21. The van der Waals surface area contributed by atoms with Gasteiger partial charge >= 0.3 is 0 Å². The van der Waals surface area contributed by atoms with Gasteiger partial charge in [0.15, 0.2) is 0 Å². The van der Waals surface area contributed by atoms with Gasteiger partial charge in [0.25, 0.3) is 0 Å². The fraction of sp³-hybridized carbons (Fsp3) is 0.259. The van der Waals surface area contributed by atoms with Crippen molar-refractivity contribution in [3.63, 3.8) is 0 Å². The van der Waals surface area contributed by atoms with Crippen molar-refractivity contribution in [2.24, 2.45) is 0 Å². The lowest BCUT2D eigenvalue weighted by molar-refractivity contribution is -0.140. The van der Waals surface area contributed by atoms with E-state index in [1.54, 1.807) is 18.0 Å². The Labute approximate surface area is 195 Å². The summed E-state index contributed by atoms with van der Waals surface area (Å²) in [7, 11) is 1.60. The van der Waals surface area contributed by atoms with Crippen molar-refractivity contribution in [3.05, 3.63) is 106 Å². The van der Waals surface area contributed by atoms with E-state index in [4.69, 9.17) is 11.6 Å². The van der Waals surface area contributed by atoms with E-state index in [2.05, 4.69) is 11.4 Å². The van der Waals surface area contributed by atoms with Crippen LogP contribution in [0.1, 0.15) is 27.8 Å². The molecule has 3 aromatic rings. The number of carbonyl (C=O) groups excluding carboxylic acids is 2. The van der Waals surface area contributed by atoms with Gasteiger partial charge in [-0.05, 0) is 36.6 Å². The van der Waals surface area contributed by atoms with E-state index in [0.29, 0.717) is 11.4 Å². The SMILES string of the molecule is CNC(=O)[C@H](Cc1ccccc1)N(Cc1ccccc1Cl)C(=O)Cc1cc(C)cc(C)c1. The summed E-state index contributed by atoms with van der Waals surface area (Å²) in [5.74, 6) is -0.311. The third-order valence-corrected chi connectivity index (χ3v) is 5.82. The zero-order valence-electron chi connectivity index (χ0n) is 18.8. The number of benzene rings is 3. The molecule has 0 aliphatic heterocycles. The lowest BCUT2D eigenvalue weighted by Gasteiger charge is -2.31. The first kappa shape index (κ1) is 23.6. The average Bonchev–Trinajstić information content (AvgIpc) is 2.76. The summed E-state index contributed by atoms with van der Waals surface area (Å²) >= 11 is 6.41. The maximum absolute atomic E-state index is 13.6. The number of hydrogen-bond acceptors (Lipinski definition) is 2. The topological polar surface area (TPSA) is 49.4 Å². The monoisotopic (exact) mass is 448 g/mol. The molecule has 32 heavy (non-hydrogen) atoms. The van der Waals surface area contributed by atoms with Gasteiger partial charge in [0.05, 0.1) is 6.42 Å². The van der Waals surface area contributed by atoms with Crippen LogP contribution < -0.4 is 5.32 Å². The van der Waals surface area contributed by atoms with Crippen LogP contribution in [0.5, 0.6) is 0 Å². The Morgan fingerprint density at radius 1 is 0.906 bits per heavy atom. The van der Waals surface area contributed by atoms with E-state index < -0.39 is 6.04 Å². The number of aryl methyl sites for hydroxylation is 2. The highest BCUT2D eigenvalue weighted by molar-refractivity contribution is 6.31. The second kappa shape index (κ2) is 11.0. The van der Waals surface area contributed by atoms with Crippen LogP contribution in [0.4, 0.5) is 0 Å². The number of halogens is 1. The Bertz CT molecular complexity index is 1060. The second-order valence-corrected chi connectivity index (χ2v) is 8.51. The summed E-state index contributed by atoms with van der Waals surface area (Å²) in [4.78, 5) is 28.2. The minimum absolute atomic E-state index is 0.112. The van der Waals surface area contributed by atoms with Gasteiger partial charge in [0.1, 0.15) is 6.04 Å². The van der Waals surface area contributed by atoms with E-state index in [9.17, 15) is 9.59 Å². The average molecular weight is 449 g/mol. The van der Waals surface area contributed by atoms with Crippen molar-refractivity contribution < 1.29 is 9.59 Å². The van der Waals surface area contributed by atoms with Gasteiger partial charge in [-0.25, -0.2) is 0 Å². The highest BCUT2D eigenvalue weighted by Gasteiger charge is 2.30. The zero-order valence-corrected chi connectivity index (χ0v) is 19.5. The van der Waals surface area contributed by atoms with Crippen molar-refractivity contribution in [3.8, 4) is 0 Å². The van der Waals surface area contributed by atoms with Gasteiger partial charge in [-0.1, -0.05) is 89.5 Å². The Morgan fingerprint density at radius 3 is 2.16 bits per heavy atom. The third kappa shape index (κ3) is 6.21. The van der Waals surface area contributed by atoms with Crippen molar-refractivity contribution in [2.75, 3.05) is 7.05 Å². The summed E-state index contributed by atoms with van der Waals surface area (Å²) in [6, 6.07) is 22.6. The smallest absolute Gasteiger partial charge is 0.242 e. The van der Waals surface area contributed by atoms with Gasteiger partial charge in [0.2, 0.25) is 11.8 Å². The number of rotatable bonds is 8. The molecule has 0 heterocycles. The van der Waals surface area contributed by atoms with Crippen LogP contribution in [0.3, 0.4) is 0 Å². The summed E-state index contributed by atoms with van der Waals surface area (Å²) in [5.41, 5.74) is 4.96. The van der Waals surface area contributed by atoms with Gasteiger partial charge in [-0.15, -0.1) is 0 Å². The second-order valence-electron chi connectivity index (χ2n) is 8.11. The predicted molar refractivity (Wildman–Crippen MR) is 130 cm³/mol. The van der Waals surface area contributed by atoms with Crippen molar-refractivity contribution in [1.82, 2.24) is 10.2 Å². The molecule has 0 bridgehead atoms. The van der Waals surface area contributed by atoms with Crippen LogP contribution in [0, 0.1) is 13.8 Å². The molecule has 0 aliphatic carbocycles. The molecule has 0 radical (unpaired) electrons. The van der Waals surface area contributed by atoms with Crippen molar-refractivity contribution in [1.29, 1.82) is 0 Å². The quantitative estimate of drug-likeness (QED) is 0.533. The molecule has 5 heteroatoms. The Kier molecular flexibility index (Phi) is 8.07. The van der Waals surface area contributed by atoms with E-state index in [0.717, 1.165) is 27.8 Å². The van der Waals surface area contributed by atoms with Crippen LogP contribution in [-0.4, -0.2) is 29.8 Å². The molecular formula is C27H29ClN2O2. The summed E-state index contributed by atoms with van der Waals surface area (Å²) < 4.78 is 0. The number of likely N-dealkylation sites (N-methyl/N-ethyl adjacent to an activating group) is 1. The number of nitrogens with zero attached hydrogens (tertiary/aromatic N) is 1.